The quantitative estimate of drug-likeness (QED) is 0.722. The highest BCUT2D eigenvalue weighted by atomic mass is 16.4. The van der Waals surface area contributed by atoms with Gasteiger partial charge in [0.25, 0.3) is 0 Å². The van der Waals surface area contributed by atoms with Crippen LogP contribution in [0.25, 0.3) is 11.0 Å². The minimum atomic E-state index is -1.28. The zero-order valence-electron chi connectivity index (χ0n) is 12.5. The number of aryl methyl sites for hydroxylation is 2. The minimum absolute atomic E-state index is 0.439. The Kier molecular flexibility index (Phi) is 4.39. The summed E-state index contributed by atoms with van der Waals surface area (Å²) in [6.07, 6.45) is 0.0476. The third-order valence-corrected chi connectivity index (χ3v) is 3.81. The van der Waals surface area contributed by atoms with Crippen molar-refractivity contribution in [2.45, 2.75) is 25.4 Å². The molecule has 118 valence electrons. The fourth-order valence-corrected chi connectivity index (χ4v) is 2.67. The molecule has 1 aromatic heterocycles. The predicted octanol–water partition coefficient (Wildman–Crippen LogP) is 1.52. The van der Waals surface area contributed by atoms with Crippen molar-refractivity contribution in [3.63, 3.8) is 0 Å². The van der Waals surface area contributed by atoms with Crippen LogP contribution in [0.15, 0.2) is 48.5 Å². The number of hydrogen-bond donors (Lipinski definition) is 2. The molecule has 1 atom stereocenters. The van der Waals surface area contributed by atoms with Gasteiger partial charge in [-0.05, 0) is 18.1 Å². The number of carbonyl (C=O) groups excluding carboxylic acids is 1. The molecule has 2 N–H and O–H groups in total. The maximum Gasteiger partial charge on any atom is 0.107 e. The number of rotatable bonds is 6. The summed E-state index contributed by atoms with van der Waals surface area (Å²) in [5.74, 6) is -0.466. The number of para-hydroxylation sites is 1. The monoisotopic (exact) mass is 309 g/mol. The van der Waals surface area contributed by atoms with Gasteiger partial charge in [0.2, 0.25) is 0 Å². The standard InChI is InChI=1S/C18H18N2O3/c21-15(11-17(22)23)13-7-4-8-14-18(13)20-16(19-14)10-9-12-5-2-1-3-6-12/h1-8,15,21H,9-11H2,(H,19,20)(H,22,23)/p-1. The first-order valence-corrected chi connectivity index (χ1v) is 7.53. The Bertz CT molecular complexity index is 812. The number of imidazole rings is 1. The van der Waals surface area contributed by atoms with E-state index in [2.05, 4.69) is 22.1 Å². The molecule has 5 heteroatoms. The maximum atomic E-state index is 10.7. The summed E-state index contributed by atoms with van der Waals surface area (Å²) in [5, 5.41) is 20.7. The summed E-state index contributed by atoms with van der Waals surface area (Å²) in [5.41, 5.74) is 3.14. The van der Waals surface area contributed by atoms with E-state index in [0.717, 1.165) is 24.2 Å². The molecule has 23 heavy (non-hydrogen) atoms. The summed E-state index contributed by atoms with van der Waals surface area (Å²) in [4.78, 5) is 18.4. The fourth-order valence-electron chi connectivity index (χ4n) is 2.67. The highest BCUT2D eigenvalue weighted by molar-refractivity contribution is 5.80. The lowest BCUT2D eigenvalue weighted by molar-refractivity contribution is -0.307. The van der Waals surface area contributed by atoms with Crippen LogP contribution in [-0.4, -0.2) is 21.0 Å². The van der Waals surface area contributed by atoms with Crippen molar-refractivity contribution < 1.29 is 15.0 Å². The lowest BCUT2D eigenvalue weighted by Crippen LogP contribution is -2.24. The summed E-state index contributed by atoms with van der Waals surface area (Å²) >= 11 is 0. The van der Waals surface area contributed by atoms with Crippen LogP contribution in [0, 0.1) is 0 Å². The molecule has 0 saturated carbocycles. The van der Waals surface area contributed by atoms with Crippen LogP contribution in [0.2, 0.25) is 0 Å². The van der Waals surface area contributed by atoms with Crippen molar-refractivity contribution in [3.8, 4) is 0 Å². The van der Waals surface area contributed by atoms with E-state index in [4.69, 9.17) is 0 Å². The first kappa shape index (κ1) is 15.2. The van der Waals surface area contributed by atoms with Gasteiger partial charge in [0, 0.05) is 24.4 Å². The average Bonchev–Trinajstić information content (AvgIpc) is 2.96. The smallest absolute Gasteiger partial charge is 0.107 e. The number of aromatic nitrogens is 2. The number of aliphatic hydroxyl groups excluding tert-OH is 1. The SMILES string of the molecule is O=C([O-])CC(O)c1cccc2[nH]c(CCc3ccccc3)nc12. The number of hydrogen-bond acceptors (Lipinski definition) is 4. The molecule has 0 aliphatic carbocycles. The van der Waals surface area contributed by atoms with E-state index >= 15 is 0 Å². The Balaban J connectivity index is 1.82. The number of nitrogens with zero attached hydrogens (tertiary/aromatic N) is 1. The van der Waals surface area contributed by atoms with Gasteiger partial charge in [-0.2, -0.15) is 0 Å². The fraction of sp³-hybridized carbons (Fsp3) is 0.222. The number of aliphatic hydroxyl groups is 1. The van der Waals surface area contributed by atoms with Crippen molar-refractivity contribution in [2.24, 2.45) is 0 Å². The van der Waals surface area contributed by atoms with Gasteiger partial charge >= 0.3 is 0 Å². The van der Waals surface area contributed by atoms with E-state index in [1.165, 1.54) is 5.56 Å². The van der Waals surface area contributed by atoms with E-state index < -0.39 is 18.5 Å². The van der Waals surface area contributed by atoms with Gasteiger partial charge in [-0.3, -0.25) is 0 Å². The average molecular weight is 309 g/mol. The van der Waals surface area contributed by atoms with Gasteiger partial charge in [0.15, 0.2) is 0 Å². The zero-order chi connectivity index (χ0) is 16.2. The molecule has 0 aliphatic rings. The molecule has 0 fully saturated rings. The minimum Gasteiger partial charge on any atom is -0.550 e. The van der Waals surface area contributed by atoms with Gasteiger partial charge in [0.05, 0.1) is 17.1 Å². The molecule has 1 heterocycles. The van der Waals surface area contributed by atoms with E-state index in [1.807, 2.05) is 24.3 Å². The first-order chi connectivity index (χ1) is 11.1. The lowest BCUT2D eigenvalue weighted by Gasteiger charge is -2.11. The normalized spacial score (nSPS) is 12.4. The summed E-state index contributed by atoms with van der Waals surface area (Å²) in [6.45, 7) is 0. The summed E-state index contributed by atoms with van der Waals surface area (Å²) in [7, 11) is 0. The number of nitrogens with one attached hydrogen (secondary N) is 1. The van der Waals surface area contributed by atoms with Gasteiger partial charge in [-0.1, -0.05) is 42.5 Å². The number of aromatic amines is 1. The third-order valence-electron chi connectivity index (χ3n) is 3.81. The number of carbonyl (C=O) groups is 1. The summed E-state index contributed by atoms with van der Waals surface area (Å²) < 4.78 is 0. The molecular formula is C18H17N2O3-. The Labute approximate surface area is 133 Å². The zero-order valence-corrected chi connectivity index (χ0v) is 12.5. The van der Waals surface area contributed by atoms with Crippen LogP contribution >= 0.6 is 0 Å². The van der Waals surface area contributed by atoms with Gasteiger partial charge in [0.1, 0.15) is 5.82 Å². The Morgan fingerprint density at radius 2 is 1.91 bits per heavy atom. The Hall–Kier alpha value is -2.66. The van der Waals surface area contributed by atoms with E-state index in [-0.39, 0.29) is 0 Å². The topological polar surface area (TPSA) is 89.0 Å². The molecule has 0 amide bonds. The molecule has 0 saturated heterocycles. The largest absolute Gasteiger partial charge is 0.550 e. The Morgan fingerprint density at radius 3 is 2.65 bits per heavy atom. The van der Waals surface area contributed by atoms with Crippen molar-refractivity contribution >= 4 is 17.0 Å². The lowest BCUT2D eigenvalue weighted by atomic mass is 10.1. The summed E-state index contributed by atoms with van der Waals surface area (Å²) in [6, 6.07) is 15.5. The number of aliphatic carboxylic acids is 1. The molecule has 1 unspecified atom stereocenters. The number of H-pyrrole nitrogens is 1. The van der Waals surface area contributed by atoms with Gasteiger partial charge < -0.3 is 20.0 Å². The van der Waals surface area contributed by atoms with Crippen molar-refractivity contribution in [2.75, 3.05) is 0 Å². The molecule has 2 aromatic carbocycles. The van der Waals surface area contributed by atoms with Crippen LogP contribution in [0.5, 0.6) is 0 Å². The second kappa shape index (κ2) is 6.62. The molecule has 3 rings (SSSR count). The molecular weight excluding hydrogens is 292 g/mol. The second-order valence-corrected chi connectivity index (χ2v) is 5.50. The van der Waals surface area contributed by atoms with Crippen molar-refractivity contribution in [1.82, 2.24) is 9.97 Å². The number of fused-ring (bicyclic) bond motifs is 1. The van der Waals surface area contributed by atoms with Gasteiger partial charge in [-0.15, -0.1) is 0 Å². The number of benzene rings is 2. The van der Waals surface area contributed by atoms with Crippen molar-refractivity contribution in [3.05, 3.63) is 65.5 Å². The van der Waals surface area contributed by atoms with E-state index in [9.17, 15) is 15.0 Å². The van der Waals surface area contributed by atoms with E-state index in [1.54, 1.807) is 12.1 Å². The predicted molar refractivity (Wildman–Crippen MR) is 84.5 cm³/mol. The van der Waals surface area contributed by atoms with Crippen LogP contribution in [-0.2, 0) is 17.6 Å². The molecule has 0 spiro atoms. The van der Waals surface area contributed by atoms with Crippen LogP contribution in [0.4, 0.5) is 0 Å². The molecule has 3 aromatic rings. The number of carboxylic acid groups (broad SMARTS) is 1. The van der Waals surface area contributed by atoms with Crippen LogP contribution < -0.4 is 5.11 Å². The molecule has 0 radical (unpaired) electrons. The maximum absolute atomic E-state index is 10.7. The second-order valence-electron chi connectivity index (χ2n) is 5.50. The molecule has 5 nitrogen and oxygen atoms in total. The van der Waals surface area contributed by atoms with Crippen LogP contribution in [0.1, 0.15) is 29.5 Å². The van der Waals surface area contributed by atoms with Crippen molar-refractivity contribution in [1.29, 1.82) is 0 Å². The highest BCUT2D eigenvalue weighted by Gasteiger charge is 2.14. The van der Waals surface area contributed by atoms with Crippen LogP contribution in [0.3, 0.4) is 0 Å². The first-order valence-electron chi connectivity index (χ1n) is 7.53. The van der Waals surface area contributed by atoms with Gasteiger partial charge in [-0.25, -0.2) is 4.98 Å². The molecule has 0 aliphatic heterocycles. The number of carboxylic acids is 1. The Morgan fingerprint density at radius 1 is 1.13 bits per heavy atom. The third kappa shape index (κ3) is 3.57. The van der Waals surface area contributed by atoms with E-state index in [0.29, 0.717) is 11.1 Å². The molecule has 0 bridgehead atoms. The highest BCUT2D eigenvalue weighted by Crippen LogP contribution is 2.25.